The van der Waals surface area contributed by atoms with E-state index in [2.05, 4.69) is 17.0 Å². The van der Waals surface area contributed by atoms with Crippen LogP contribution in [0.25, 0.3) is 0 Å². The highest BCUT2D eigenvalue weighted by atomic mass is 32.2. The van der Waals surface area contributed by atoms with Crippen molar-refractivity contribution in [3.63, 3.8) is 0 Å². The van der Waals surface area contributed by atoms with Crippen LogP contribution in [0.5, 0.6) is 0 Å². The third-order valence-corrected chi connectivity index (χ3v) is 5.39. The molecule has 1 aliphatic rings. The van der Waals surface area contributed by atoms with Gasteiger partial charge in [-0.2, -0.15) is 0 Å². The zero-order valence-corrected chi connectivity index (χ0v) is 13.5. The molecule has 21 heavy (non-hydrogen) atoms. The van der Waals surface area contributed by atoms with E-state index in [0.717, 1.165) is 12.8 Å². The van der Waals surface area contributed by atoms with Gasteiger partial charge in [-0.3, -0.25) is 0 Å². The number of para-hydroxylation sites is 1. The molecule has 1 saturated heterocycles. The van der Waals surface area contributed by atoms with Gasteiger partial charge < -0.3 is 10.1 Å². The number of rotatable bonds is 6. The predicted octanol–water partition coefficient (Wildman–Crippen LogP) is 2.21. The highest BCUT2D eigenvalue weighted by molar-refractivity contribution is 7.89. The van der Waals surface area contributed by atoms with Gasteiger partial charge in [-0.05, 0) is 37.3 Å². The Balaban J connectivity index is 2.11. The van der Waals surface area contributed by atoms with Gasteiger partial charge in [0, 0.05) is 26.3 Å². The second-order valence-corrected chi connectivity index (χ2v) is 7.51. The Labute approximate surface area is 127 Å². The molecule has 1 aromatic carbocycles. The lowest BCUT2D eigenvalue weighted by atomic mass is 9.83. The summed E-state index contributed by atoms with van der Waals surface area (Å²) in [6.45, 7) is 6.58. The Morgan fingerprint density at radius 1 is 1.24 bits per heavy atom. The summed E-state index contributed by atoms with van der Waals surface area (Å²) in [6.07, 6.45) is 1.76. The van der Waals surface area contributed by atoms with E-state index in [0.29, 0.717) is 36.9 Å². The van der Waals surface area contributed by atoms with E-state index in [1.807, 2.05) is 13.0 Å². The van der Waals surface area contributed by atoms with Gasteiger partial charge in [0.05, 0.1) is 5.69 Å². The van der Waals surface area contributed by atoms with Gasteiger partial charge in [0.25, 0.3) is 0 Å². The van der Waals surface area contributed by atoms with E-state index in [1.165, 1.54) is 0 Å². The lowest BCUT2D eigenvalue weighted by Crippen LogP contribution is -2.39. The van der Waals surface area contributed by atoms with Crippen molar-refractivity contribution in [3.8, 4) is 0 Å². The molecule has 2 rings (SSSR count). The van der Waals surface area contributed by atoms with Crippen LogP contribution in [0.2, 0.25) is 0 Å². The molecular formula is C15H24N2O3S. The number of benzene rings is 1. The van der Waals surface area contributed by atoms with Gasteiger partial charge in [-0.25, -0.2) is 13.1 Å². The van der Waals surface area contributed by atoms with Crippen molar-refractivity contribution in [2.24, 2.45) is 5.41 Å². The van der Waals surface area contributed by atoms with Crippen LogP contribution in [0.15, 0.2) is 29.2 Å². The Hall–Kier alpha value is -1.11. The number of anilines is 1. The third kappa shape index (κ3) is 4.18. The van der Waals surface area contributed by atoms with Crippen LogP contribution in [0.1, 0.15) is 26.7 Å². The van der Waals surface area contributed by atoms with E-state index in [1.54, 1.807) is 18.2 Å². The van der Waals surface area contributed by atoms with Crippen LogP contribution < -0.4 is 10.0 Å². The molecule has 6 heteroatoms. The van der Waals surface area contributed by atoms with Crippen molar-refractivity contribution in [1.29, 1.82) is 0 Å². The van der Waals surface area contributed by atoms with Crippen molar-refractivity contribution < 1.29 is 13.2 Å². The van der Waals surface area contributed by atoms with Gasteiger partial charge in [0.15, 0.2) is 0 Å². The lowest BCUT2D eigenvalue weighted by molar-refractivity contribution is 0.0265. The summed E-state index contributed by atoms with van der Waals surface area (Å²) in [6, 6.07) is 6.99. The maximum absolute atomic E-state index is 12.5. The Morgan fingerprint density at radius 3 is 2.57 bits per heavy atom. The molecule has 0 aromatic heterocycles. The first-order valence-corrected chi connectivity index (χ1v) is 8.85. The average molecular weight is 312 g/mol. The van der Waals surface area contributed by atoms with Crippen LogP contribution in [0.4, 0.5) is 5.69 Å². The number of nitrogens with one attached hydrogen (secondary N) is 2. The average Bonchev–Trinajstić information content (AvgIpc) is 2.47. The van der Waals surface area contributed by atoms with Crippen LogP contribution in [-0.2, 0) is 14.8 Å². The summed E-state index contributed by atoms with van der Waals surface area (Å²) >= 11 is 0. The molecule has 0 radical (unpaired) electrons. The van der Waals surface area contributed by atoms with Crippen molar-refractivity contribution in [2.75, 3.05) is 31.6 Å². The quantitative estimate of drug-likeness (QED) is 0.845. The van der Waals surface area contributed by atoms with Crippen LogP contribution in [0.3, 0.4) is 0 Å². The Kier molecular flexibility index (Phi) is 5.24. The summed E-state index contributed by atoms with van der Waals surface area (Å²) in [4.78, 5) is 0.308. The van der Waals surface area contributed by atoms with Crippen molar-refractivity contribution in [1.82, 2.24) is 4.72 Å². The summed E-state index contributed by atoms with van der Waals surface area (Å²) < 4.78 is 33.2. The van der Waals surface area contributed by atoms with Crippen LogP contribution in [-0.4, -0.2) is 34.7 Å². The highest BCUT2D eigenvalue weighted by Gasteiger charge is 2.29. The molecule has 5 nitrogen and oxygen atoms in total. The smallest absolute Gasteiger partial charge is 0.242 e. The topological polar surface area (TPSA) is 67.4 Å². The zero-order chi connectivity index (χ0) is 15.3. The normalized spacial score (nSPS) is 18.4. The fourth-order valence-electron chi connectivity index (χ4n) is 2.43. The predicted molar refractivity (Wildman–Crippen MR) is 84.0 cm³/mol. The summed E-state index contributed by atoms with van der Waals surface area (Å²) in [5, 5.41) is 3.09. The van der Waals surface area contributed by atoms with Gasteiger partial charge in [0.2, 0.25) is 10.0 Å². The molecule has 0 saturated carbocycles. The van der Waals surface area contributed by atoms with Crippen LogP contribution in [0, 0.1) is 5.41 Å². The lowest BCUT2D eigenvalue weighted by Gasteiger charge is -2.33. The minimum Gasteiger partial charge on any atom is -0.384 e. The number of hydrogen-bond acceptors (Lipinski definition) is 4. The van der Waals surface area contributed by atoms with Crippen LogP contribution >= 0.6 is 0 Å². The molecule has 0 amide bonds. The molecule has 2 N–H and O–H groups in total. The van der Waals surface area contributed by atoms with Crippen molar-refractivity contribution in [2.45, 2.75) is 31.6 Å². The largest absolute Gasteiger partial charge is 0.384 e. The molecule has 0 atom stereocenters. The second kappa shape index (κ2) is 6.77. The molecule has 1 fully saturated rings. The second-order valence-electron chi connectivity index (χ2n) is 5.77. The fourth-order valence-corrected chi connectivity index (χ4v) is 3.81. The molecule has 1 aliphatic heterocycles. The minimum absolute atomic E-state index is 0.0293. The molecule has 0 bridgehead atoms. The minimum atomic E-state index is -3.50. The highest BCUT2D eigenvalue weighted by Crippen LogP contribution is 2.29. The Morgan fingerprint density at radius 2 is 1.90 bits per heavy atom. The molecular weight excluding hydrogens is 288 g/mol. The summed E-state index contributed by atoms with van der Waals surface area (Å²) in [7, 11) is -3.50. The number of ether oxygens (including phenoxy) is 1. The first kappa shape index (κ1) is 16.3. The Bertz CT molecular complexity index is 566. The van der Waals surface area contributed by atoms with E-state index >= 15 is 0 Å². The van der Waals surface area contributed by atoms with Gasteiger partial charge in [-0.1, -0.05) is 19.1 Å². The van der Waals surface area contributed by atoms with E-state index in [9.17, 15) is 8.42 Å². The standard InChI is InChI=1S/C15H24N2O3S/c1-3-16-13-6-4-5-7-14(13)21(18,19)17-12-15(2)8-10-20-11-9-15/h4-7,16-17H,3,8-12H2,1-2H3. The fraction of sp³-hybridized carbons (Fsp3) is 0.600. The summed E-state index contributed by atoms with van der Waals surface area (Å²) in [5.41, 5.74) is 0.614. The zero-order valence-electron chi connectivity index (χ0n) is 12.7. The first-order valence-electron chi connectivity index (χ1n) is 7.37. The summed E-state index contributed by atoms with van der Waals surface area (Å²) in [5.74, 6) is 0. The van der Waals surface area contributed by atoms with Crippen molar-refractivity contribution >= 4 is 15.7 Å². The third-order valence-electron chi connectivity index (χ3n) is 3.93. The van der Waals surface area contributed by atoms with E-state index in [4.69, 9.17) is 4.74 Å². The monoisotopic (exact) mass is 312 g/mol. The van der Waals surface area contributed by atoms with E-state index in [-0.39, 0.29) is 5.41 Å². The van der Waals surface area contributed by atoms with Gasteiger partial charge in [0.1, 0.15) is 4.90 Å². The number of sulfonamides is 1. The SMILES string of the molecule is CCNc1ccccc1S(=O)(=O)NCC1(C)CCOCC1. The maximum Gasteiger partial charge on any atom is 0.242 e. The first-order chi connectivity index (χ1) is 9.97. The molecule has 0 unspecified atom stereocenters. The maximum atomic E-state index is 12.5. The van der Waals surface area contributed by atoms with Gasteiger partial charge in [-0.15, -0.1) is 0 Å². The van der Waals surface area contributed by atoms with E-state index < -0.39 is 10.0 Å². The number of hydrogen-bond donors (Lipinski definition) is 2. The molecule has 0 aliphatic carbocycles. The van der Waals surface area contributed by atoms with Gasteiger partial charge >= 0.3 is 0 Å². The molecule has 1 heterocycles. The van der Waals surface area contributed by atoms with Crippen molar-refractivity contribution in [3.05, 3.63) is 24.3 Å². The molecule has 0 spiro atoms. The molecule has 118 valence electrons. The molecule has 1 aromatic rings.